The quantitative estimate of drug-likeness (QED) is 0.468. The first-order valence-electron chi connectivity index (χ1n) is 10.2. The first-order chi connectivity index (χ1) is 15.2. The molecule has 1 heterocycles. The van der Waals surface area contributed by atoms with E-state index in [1.54, 1.807) is 30.5 Å². The summed E-state index contributed by atoms with van der Waals surface area (Å²) in [5, 5.41) is 6.80. The average molecular weight is 409 g/mol. The highest BCUT2D eigenvalue weighted by Gasteiger charge is 2.22. The number of carbonyl (C=O) groups is 2. The summed E-state index contributed by atoms with van der Waals surface area (Å²) in [4.78, 5) is 30.3. The molecule has 0 aliphatic heterocycles. The highest BCUT2D eigenvalue weighted by Crippen LogP contribution is 2.21. The fourth-order valence-corrected chi connectivity index (χ4v) is 3.48. The van der Waals surface area contributed by atoms with E-state index in [2.05, 4.69) is 15.6 Å². The minimum atomic E-state index is -0.688. The summed E-state index contributed by atoms with van der Waals surface area (Å²) in [5.41, 5.74) is 2.98. The molecule has 1 atom stereocenters. The first kappa shape index (κ1) is 20.3. The van der Waals surface area contributed by atoms with E-state index in [1.807, 2.05) is 66.7 Å². The second-order valence-electron chi connectivity index (χ2n) is 7.29. The smallest absolute Gasteiger partial charge is 0.251 e. The number of pyridine rings is 1. The molecule has 0 bridgehead atoms. The number of hydrogen-bond donors (Lipinski definition) is 2. The van der Waals surface area contributed by atoms with Gasteiger partial charge in [0.2, 0.25) is 5.91 Å². The van der Waals surface area contributed by atoms with Gasteiger partial charge in [-0.05, 0) is 42.7 Å². The molecule has 5 heteroatoms. The van der Waals surface area contributed by atoms with Crippen molar-refractivity contribution < 1.29 is 9.59 Å². The monoisotopic (exact) mass is 409 g/mol. The number of carbonyl (C=O) groups excluding carboxylic acids is 2. The number of amides is 2. The number of nitrogens with zero attached hydrogens (tertiary/aromatic N) is 1. The Morgan fingerprint density at radius 1 is 0.806 bits per heavy atom. The van der Waals surface area contributed by atoms with Crippen LogP contribution >= 0.6 is 0 Å². The van der Waals surface area contributed by atoms with Crippen LogP contribution in [0.15, 0.2) is 97.2 Å². The molecule has 3 aromatic carbocycles. The largest absolute Gasteiger partial charge is 0.340 e. The molecule has 0 spiro atoms. The maximum absolute atomic E-state index is 13.2. The number of hydrogen-bond acceptors (Lipinski definition) is 3. The number of aryl methyl sites for hydroxylation is 1. The Kier molecular flexibility index (Phi) is 6.33. The zero-order chi connectivity index (χ0) is 21.5. The van der Waals surface area contributed by atoms with Crippen molar-refractivity contribution in [3.05, 3.63) is 108 Å². The van der Waals surface area contributed by atoms with Gasteiger partial charge in [0, 0.05) is 17.1 Å². The number of aromatic nitrogens is 1. The van der Waals surface area contributed by atoms with Crippen LogP contribution in [0.1, 0.15) is 22.3 Å². The Morgan fingerprint density at radius 2 is 1.52 bits per heavy atom. The van der Waals surface area contributed by atoms with Crippen LogP contribution in [0.5, 0.6) is 0 Å². The van der Waals surface area contributed by atoms with Crippen molar-refractivity contribution >= 4 is 28.4 Å². The van der Waals surface area contributed by atoms with Crippen LogP contribution in [-0.2, 0) is 11.2 Å². The zero-order valence-electron chi connectivity index (χ0n) is 17.0. The molecule has 4 rings (SSSR count). The minimum Gasteiger partial charge on any atom is -0.340 e. The molecule has 0 aliphatic rings. The van der Waals surface area contributed by atoms with E-state index in [-0.39, 0.29) is 11.8 Å². The van der Waals surface area contributed by atoms with Crippen molar-refractivity contribution in [1.82, 2.24) is 10.3 Å². The molecule has 5 nitrogen and oxygen atoms in total. The van der Waals surface area contributed by atoms with Crippen LogP contribution in [-0.4, -0.2) is 22.8 Å². The molecular weight excluding hydrogens is 386 g/mol. The molecule has 0 saturated carbocycles. The third kappa shape index (κ3) is 5.14. The summed E-state index contributed by atoms with van der Waals surface area (Å²) in [6.45, 7) is 0. The minimum absolute atomic E-state index is 0.265. The van der Waals surface area contributed by atoms with Crippen molar-refractivity contribution in [1.29, 1.82) is 0 Å². The molecule has 2 N–H and O–H groups in total. The lowest BCUT2D eigenvalue weighted by molar-refractivity contribution is -0.118. The summed E-state index contributed by atoms with van der Waals surface area (Å²) in [5.74, 6) is -0.539. The average Bonchev–Trinajstić information content (AvgIpc) is 2.83. The maximum atomic E-state index is 13.2. The predicted molar refractivity (Wildman–Crippen MR) is 123 cm³/mol. The Hall–Kier alpha value is -3.99. The molecule has 0 saturated heterocycles. The van der Waals surface area contributed by atoms with Crippen LogP contribution in [0.3, 0.4) is 0 Å². The van der Waals surface area contributed by atoms with Crippen LogP contribution < -0.4 is 10.6 Å². The molecule has 154 valence electrons. The second-order valence-corrected chi connectivity index (χ2v) is 7.29. The Bertz CT molecular complexity index is 1170. The Labute approximate surface area is 181 Å². The van der Waals surface area contributed by atoms with Gasteiger partial charge in [-0.3, -0.25) is 14.6 Å². The molecule has 2 amide bonds. The molecule has 0 aliphatic carbocycles. The summed E-state index contributed by atoms with van der Waals surface area (Å²) < 4.78 is 0. The van der Waals surface area contributed by atoms with Gasteiger partial charge in [0.25, 0.3) is 5.91 Å². The van der Waals surface area contributed by atoms with Crippen molar-refractivity contribution in [3.63, 3.8) is 0 Å². The van der Waals surface area contributed by atoms with Crippen LogP contribution in [0.25, 0.3) is 10.9 Å². The van der Waals surface area contributed by atoms with E-state index in [9.17, 15) is 9.59 Å². The number of rotatable bonds is 7. The van der Waals surface area contributed by atoms with E-state index in [0.717, 1.165) is 16.5 Å². The van der Waals surface area contributed by atoms with E-state index in [1.165, 1.54) is 0 Å². The van der Waals surface area contributed by atoms with Crippen LogP contribution in [0, 0.1) is 0 Å². The van der Waals surface area contributed by atoms with Crippen LogP contribution in [0.2, 0.25) is 0 Å². The number of fused-ring (bicyclic) bond motifs is 1. The van der Waals surface area contributed by atoms with Gasteiger partial charge in [-0.2, -0.15) is 0 Å². The third-order valence-corrected chi connectivity index (χ3v) is 5.11. The van der Waals surface area contributed by atoms with Crippen LogP contribution in [0.4, 0.5) is 5.69 Å². The molecule has 4 aromatic rings. The molecule has 31 heavy (non-hydrogen) atoms. The number of benzene rings is 3. The van der Waals surface area contributed by atoms with Gasteiger partial charge in [-0.15, -0.1) is 0 Å². The summed E-state index contributed by atoms with van der Waals surface area (Å²) in [7, 11) is 0. The highest BCUT2D eigenvalue weighted by atomic mass is 16.2. The number of para-hydroxylation sites is 1. The Balaban J connectivity index is 1.54. The normalized spacial score (nSPS) is 11.6. The van der Waals surface area contributed by atoms with Gasteiger partial charge in [0.05, 0.1) is 11.2 Å². The van der Waals surface area contributed by atoms with Gasteiger partial charge in [0.1, 0.15) is 6.04 Å². The molecule has 1 unspecified atom stereocenters. The lowest BCUT2D eigenvalue weighted by Gasteiger charge is -2.19. The molecule has 0 fully saturated rings. The van der Waals surface area contributed by atoms with Crippen molar-refractivity contribution in [2.75, 3.05) is 5.32 Å². The molecular formula is C26H23N3O2. The fraction of sp³-hybridized carbons (Fsp3) is 0.115. The second kappa shape index (κ2) is 9.67. The summed E-state index contributed by atoms with van der Waals surface area (Å²) in [6.07, 6.45) is 2.84. The third-order valence-electron chi connectivity index (χ3n) is 5.11. The van der Waals surface area contributed by atoms with E-state index >= 15 is 0 Å². The maximum Gasteiger partial charge on any atom is 0.251 e. The van der Waals surface area contributed by atoms with E-state index < -0.39 is 6.04 Å². The fourth-order valence-electron chi connectivity index (χ4n) is 3.48. The number of anilines is 1. The van der Waals surface area contributed by atoms with E-state index in [4.69, 9.17) is 0 Å². The van der Waals surface area contributed by atoms with Gasteiger partial charge < -0.3 is 10.6 Å². The summed E-state index contributed by atoms with van der Waals surface area (Å²) in [6, 6.07) is 27.6. The van der Waals surface area contributed by atoms with Gasteiger partial charge in [-0.25, -0.2) is 0 Å². The summed E-state index contributed by atoms with van der Waals surface area (Å²) >= 11 is 0. The van der Waals surface area contributed by atoms with Crippen molar-refractivity contribution in [2.24, 2.45) is 0 Å². The van der Waals surface area contributed by atoms with Gasteiger partial charge >= 0.3 is 0 Å². The van der Waals surface area contributed by atoms with Crippen molar-refractivity contribution in [3.8, 4) is 0 Å². The van der Waals surface area contributed by atoms with Gasteiger partial charge in [0.15, 0.2) is 0 Å². The molecule has 1 aromatic heterocycles. The first-order valence-corrected chi connectivity index (χ1v) is 10.2. The SMILES string of the molecule is O=C(NC(CCc1ccccc1)C(=O)Nc1cccc2cccnc12)c1ccccc1. The van der Waals surface area contributed by atoms with Gasteiger partial charge in [-0.1, -0.05) is 66.7 Å². The zero-order valence-corrected chi connectivity index (χ0v) is 17.0. The predicted octanol–water partition coefficient (Wildman–Crippen LogP) is 4.60. The van der Waals surface area contributed by atoms with Crippen molar-refractivity contribution in [2.45, 2.75) is 18.9 Å². The van der Waals surface area contributed by atoms with E-state index in [0.29, 0.717) is 24.1 Å². The topological polar surface area (TPSA) is 71.1 Å². The Morgan fingerprint density at radius 3 is 2.29 bits per heavy atom. The highest BCUT2D eigenvalue weighted by molar-refractivity contribution is 6.04. The lowest BCUT2D eigenvalue weighted by Crippen LogP contribution is -2.44. The number of nitrogens with one attached hydrogen (secondary N) is 2. The lowest BCUT2D eigenvalue weighted by atomic mass is 10.0. The molecule has 0 radical (unpaired) electrons. The standard InChI is InChI=1S/C26H23N3O2/c30-25(21-11-5-2-6-12-21)29-23(17-16-19-9-3-1-4-10-19)26(31)28-22-15-7-13-20-14-8-18-27-24(20)22/h1-15,18,23H,16-17H2,(H,28,31)(H,29,30).